The first-order chi connectivity index (χ1) is 7.77. The van der Waals surface area contributed by atoms with Gasteiger partial charge in [0, 0.05) is 10.4 Å². The molecule has 88 valence electrons. The monoisotopic (exact) mass is 239 g/mol. The minimum atomic E-state index is -0.103. The van der Waals surface area contributed by atoms with Crippen molar-refractivity contribution in [2.75, 3.05) is 19.7 Å². The second kappa shape index (κ2) is 5.17. The Morgan fingerprint density at radius 2 is 2.19 bits per heavy atom. The van der Waals surface area contributed by atoms with Crippen LogP contribution in [0, 0.1) is 0 Å². The summed E-state index contributed by atoms with van der Waals surface area (Å²) in [5.41, 5.74) is 1.07. The average Bonchev–Trinajstić information content (AvgIpc) is 2.55. The summed E-state index contributed by atoms with van der Waals surface area (Å²) in [6.45, 7) is 2.21. The molecule has 16 heavy (non-hydrogen) atoms. The van der Waals surface area contributed by atoms with Crippen LogP contribution in [0.5, 0.6) is 0 Å². The Morgan fingerprint density at radius 3 is 2.94 bits per heavy atom. The number of rotatable bonds is 2. The van der Waals surface area contributed by atoms with Gasteiger partial charge in [0.1, 0.15) is 0 Å². The lowest BCUT2D eigenvalue weighted by molar-refractivity contribution is 0.179. The van der Waals surface area contributed by atoms with Gasteiger partial charge in [-0.15, -0.1) is 0 Å². The first-order valence-corrected chi connectivity index (χ1v) is 6.22. The van der Waals surface area contributed by atoms with E-state index < -0.39 is 0 Å². The Bertz CT molecular complexity index is 346. The molecule has 1 fully saturated rings. The van der Waals surface area contributed by atoms with Crippen molar-refractivity contribution >= 4 is 11.6 Å². The summed E-state index contributed by atoms with van der Waals surface area (Å²) in [5.74, 6) is 0. The highest BCUT2D eigenvalue weighted by Gasteiger charge is 2.32. The molecule has 1 unspecified atom stereocenters. The van der Waals surface area contributed by atoms with E-state index in [-0.39, 0.29) is 12.0 Å². The van der Waals surface area contributed by atoms with Gasteiger partial charge in [0.25, 0.3) is 0 Å². The maximum Gasteiger partial charge on any atom is 0.0528 e. The smallest absolute Gasteiger partial charge is 0.0528 e. The van der Waals surface area contributed by atoms with E-state index in [9.17, 15) is 5.11 Å². The maximum atomic E-state index is 9.74. The summed E-state index contributed by atoms with van der Waals surface area (Å²) in [6, 6.07) is 7.91. The predicted molar refractivity (Wildman–Crippen MR) is 66.9 cm³/mol. The van der Waals surface area contributed by atoms with Gasteiger partial charge in [0.15, 0.2) is 0 Å². The molecule has 2 N–H and O–H groups in total. The van der Waals surface area contributed by atoms with E-state index in [1.165, 1.54) is 5.56 Å². The molecule has 1 heterocycles. The molecule has 2 rings (SSSR count). The molecule has 0 aromatic heterocycles. The van der Waals surface area contributed by atoms with E-state index in [1.54, 1.807) is 0 Å². The zero-order chi connectivity index (χ0) is 11.4. The van der Waals surface area contributed by atoms with Crippen molar-refractivity contribution in [2.45, 2.75) is 24.7 Å². The van der Waals surface area contributed by atoms with Gasteiger partial charge in [0.2, 0.25) is 0 Å². The molecule has 1 aliphatic rings. The minimum Gasteiger partial charge on any atom is -0.395 e. The summed E-state index contributed by atoms with van der Waals surface area (Å²) < 4.78 is 0. The Morgan fingerprint density at radius 1 is 1.31 bits per heavy atom. The van der Waals surface area contributed by atoms with Crippen molar-refractivity contribution in [1.82, 2.24) is 5.32 Å². The molecule has 0 saturated carbocycles. The Labute approximate surface area is 102 Å². The second-order valence-corrected chi connectivity index (χ2v) is 4.99. The average molecular weight is 240 g/mol. The van der Waals surface area contributed by atoms with Crippen LogP contribution in [0.25, 0.3) is 0 Å². The third-order valence-corrected chi connectivity index (χ3v) is 3.76. The van der Waals surface area contributed by atoms with Crippen LogP contribution in [0.4, 0.5) is 0 Å². The number of aliphatic hydroxyl groups is 1. The van der Waals surface area contributed by atoms with Crippen molar-refractivity contribution in [2.24, 2.45) is 0 Å². The van der Waals surface area contributed by atoms with Crippen molar-refractivity contribution < 1.29 is 5.11 Å². The molecule has 0 bridgehead atoms. The van der Waals surface area contributed by atoms with Gasteiger partial charge in [-0.2, -0.15) is 0 Å². The fourth-order valence-corrected chi connectivity index (χ4v) is 2.68. The van der Waals surface area contributed by atoms with E-state index in [1.807, 2.05) is 18.2 Å². The quantitative estimate of drug-likeness (QED) is 0.831. The molecule has 1 aromatic rings. The molecule has 2 nitrogen and oxygen atoms in total. The van der Waals surface area contributed by atoms with Gasteiger partial charge in [-0.3, -0.25) is 0 Å². The SMILES string of the molecule is OCC1(c2cccc(Cl)c2)CCCNCC1. The normalized spacial score (nSPS) is 26.4. The largest absolute Gasteiger partial charge is 0.395 e. The van der Waals surface area contributed by atoms with Gasteiger partial charge < -0.3 is 10.4 Å². The number of hydrogen-bond donors (Lipinski definition) is 2. The first kappa shape index (κ1) is 11.9. The van der Waals surface area contributed by atoms with Gasteiger partial charge in [-0.25, -0.2) is 0 Å². The van der Waals surface area contributed by atoms with Gasteiger partial charge >= 0.3 is 0 Å². The first-order valence-electron chi connectivity index (χ1n) is 5.84. The zero-order valence-corrected chi connectivity index (χ0v) is 10.1. The van der Waals surface area contributed by atoms with Crippen molar-refractivity contribution in [3.05, 3.63) is 34.9 Å². The summed E-state index contributed by atoms with van der Waals surface area (Å²) in [5, 5.41) is 13.9. The highest BCUT2D eigenvalue weighted by Crippen LogP contribution is 2.34. The van der Waals surface area contributed by atoms with Crippen LogP contribution in [0.1, 0.15) is 24.8 Å². The van der Waals surface area contributed by atoms with Gasteiger partial charge in [-0.1, -0.05) is 23.7 Å². The maximum absolute atomic E-state index is 9.74. The fourth-order valence-electron chi connectivity index (χ4n) is 2.49. The van der Waals surface area contributed by atoms with Crippen LogP contribution in [0.3, 0.4) is 0 Å². The number of nitrogens with one attached hydrogen (secondary N) is 1. The number of benzene rings is 1. The van der Waals surface area contributed by atoms with Gasteiger partial charge in [0.05, 0.1) is 6.61 Å². The standard InChI is InChI=1S/C13H18ClNO/c14-12-4-1-3-11(9-12)13(10-16)5-2-7-15-8-6-13/h1,3-4,9,15-16H,2,5-8,10H2. The highest BCUT2D eigenvalue weighted by atomic mass is 35.5. The highest BCUT2D eigenvalue weighted by molar-refractivity contribution is 6.30. The molecule has 0 amide bonds. The summed E-state index contributed by atoms with van der Waals surface area (Å²) in [6.07, 6.45) is 3.10. The van der Waals surface area contributed by atoms with Crippen molar-refractivity contribution in [3.63, 3.8) is 0 Å². The molecule has 3 heteroatoms. The van der Waals surface area contributed by atoms with Crippen LogP contribution in [0.2, 0.25) is 5.02 Å². The van der Waals surface area contributed by atoms with Crippen molar-refractivity contribution in [3.8, 4) is 0 Å². The summed E-state index contributed by atoms with van der Waals surface area (Å²) >= 11 is 6.03. The molecule has 0 spiro atoms. The lowest BCUT2D eigenvalue weighted by atomic mass is 9.75. The fraction of sp³-hybridized carbons (Fsp3) is 0.538. The Kier molecular flexibility index (Phi) is 3.85. The topological polar surface area (TPSA) is 32.3 Å². The third kappa shape index (κ3) is 2.40. The minimum absolute atomic E-state index is 0.103. The van der Waals surface area contributed by atoms with E-state index >= 15 is 0 Å². The van der Waals surface area contributed by atoms with Crippen LogP contribution < -0.4 is 5.32 Å². The van der Waals surface area contributed by atoms with Crippen LogP contribution in [-0.2, 0) is 5.41 Å². The van der Waals surface area contributed by atoms with E-state index in [4.69, 9.17) is 11.6 Å². The number of hydrogen-bond acceptors (Lipinski definition) is 2. The van der Waals surface area contributed by atoms with Gasteiger partial charge in [-0.05, 0) is 50.0 Å². The summed E-state index contributed by atoms with van der Waals surface area (Å²) in [7, 11) is 0. The molecular weight excluding hydrogens is 222 g/mol. The predicted octanol–water partition coefficient (Wildman–Crippen LogP) is 2.34. The van der Waals surface area contributed by atoms with E-state index in [2.05, 4.69) is 11.4 Å². The second-order valence-electron chi connectivity index (χ2n) is 4.55. The molecule has 0 aliphatic carbocycles. The number of aliphatic hydroxyl groups excluding tert-OH is 1. The molecule has 1 atom stereocenters. The molecular formula is C13H18ClNO. The zero-order valence-electron chi connectivity index (χ0n) is 9.38. The van der Waals surface area contributed by atoms with Crippen molar-refractivity contribution in [1.29, 1.82) is 0 Å². The van der Waals surface area contributed by atoms with E-state index in [0.29, 0.717) is 0 Å². The summed E-state index contributed by atoms with van der Waals surface area (Å²) in [4.78, 5) is 0. The lowest BCUT2D eigenvalue weighted by Crippen LogP contribution is -2.31. The third-order valence-electron chi connectivity index (χ3n) is 3.53. The molecule has 0 radical (unpaired) electrons. The van der Waals surface area contributed by atoms with Crippen LogP contribution in [-0.4, -0.2) is 24.8 Å². The van der Waals surface area contributed by atoms with E-state index in [0.717, 1.165) is 37.4 Å². The Hall–Kier alpha value is -0.570. The Balaban J connectivity index is 2.31. The molecule has 1 aliphatic heterocycles. The van der Waals surface area contributed by atoms with Crippen LogP contribution in [0.15, 0.2) is 24.3 Å². The molecule has 1 saturated heterocycles. The lowest BCUT2D eigenvalue weighted by Gasteiger charge is -2.31. The molecule has 1 aromatic carbocycles. The van der Waals surface area contributed by atoms with Crippen LogP contribution >= 0.6 is 11.6 Å². The number of halogens is 1.